The molecule has 2 rings (SSSR count). The molecule has 0 aliphatic rings. The normalized spacial score (nSPS) is 11.6. The van der Waals surface area contributed by atoms with Crippen molar-refractivity contribution >= 4 is 49.3 Å². The molecule has 6 nitrogen and oxygen atoms in total. The van der Waals surface area contributed by atoms with Crippen molar-refractivity contribution < 1.29 is 13.2 Å². The Hall–Kier alpha value is -1.48. The smallest absolute Gasteiger partial charge is 0.243 e. The summed E-state index contributed by atoms with van der Waals surface area (Å²) in [5.74, 6) is 0.102. The van der Waals surface area contributed by atoms with E-state index in [0.29, 0.717) is 17.4 Å². The maximum Gasteiger partial charge on any atom is 0.243 e. The van der Waals surface area contributed by atoms with Gasteiger partial charge in [-0.1, -0.05) is 11.6 Å². The van der Waals surface area contributed by atoms with Gasteiger partial charge in [-0.3, -0.25) is 9.69 Å². The van der Waals surface area contributed by atoms with Crippen molar-refractivity contribution in [3.8, 4) is 0 Å². The zero-order chi connectivity index (χ0) is 18.6. The summed E-state index contributed by atoms with van der Waals surface area (Å²) in [5, 5.41) is 0.441. The maximum absolute atomic E-state index is 12.6. The summed E-state index contributed by atoms with van der Waals surface area (Å²) in [5.41, 5.74) is 0. The Bertz CT molecular complexity index is 842. The van der Waals surface area contributed by atoms with E-state index in [1.54, 1.807) is 25.3 Å². The number of sulfonamides is 1. The van der Waals surface area contributed by atoms with E-state index in [2.05, 4.69) is 20.9 Å². The number of aromatic nitrogens is 1. The standard InChI is InChI=1S/C16H17BrClN3O3S/c1-3-21(15-9-4-12(17)10-19-15)16(22)11-20(2)25(23,24)14-7-5-13(18)6-8-14/h4-10H,3,11H2,1-2H3. The van der Waals surface area contributed by atoms with Crippen LogP contribution in [0.3, 0.4) is 0 Å². The Kier molecular flexibility index (Phi) is 6.56. The van der Waals surface area contributed by atoms with E-state index in [9.17, 15) is 13.2 Å². The third-order valence-electron chi connectivity index (χ3n) is 3.49. The molecule has 1 amide bonds. The minimum atomic E-state index is -3.78. The Morgan fingerprint density at radius 1 is 1.20 bits per heavy atom. The average Bonchev–Trinajstić information content (AvgIpc) is 2.57. The van der Waals surface area contributed by atoms with Crippen molar-refractivity contribution in [3.05, 3.63) is 52.1 Å². The van der Waals surface area contributed by atoms with Crippen LogP contribution in [0.4, 0.5) is 5.82 Å². The van der Waals surface area contributed by atoms with Gasteiger partial charge in [0.1, 0.15) is 5.82 Å². The lowest BCUT2D eigenvalue weighted by Crippen LogP contribution is -2.41. The van der Waals surface area contributed by atoms with Gasteiger partial charge in [-0.15, -0.1) is 0 Å². The number of hydrogen-bond donors (Lipinski definition) is 0. The van der Waals surface area contributed by atoms with Gasteiger partial charge in [0, 0.05) is 29.3 Å². The van der Waals surface area contributed by atoms with Crippen LogP contribution in [0.5, 0.6) is 0 Å². The number of likely N-dealkylation sites (N-methyl/N-ethyl adjacent to an activating group) is 2. The number of carbonyl (C=O) groups excluding carboxylic acids is 1. The fraction of sp³-hybridized carbons (Fsp3) is 0.250. The van der Waals surface area contributed by atoms with Gasteiger partial charge in [-0.05, 0) is 59.3 Å². The highest BCUT2D eigenvalue weighted by molar-refractivity contribution is 9.10. The van der Waals surface area contributed by atoms with Crippen molar-refractivity contribution in [3.63, 3.8) is 0 Å². The first-order valence-electron chi connectivity index (χ1n) is 7.39. The molecule has 0 saturated heterocycles. The molecule has 0 bridgehead atoms. The first-order valence-corrected chi connectivity index (χ1v) is 10.0. The first-order chi connectivity index (χ1) is 11.8. The van der Waals surface area contributed by atoms with E-state index in [4.69, 9.17) is 11.6 Å². The van der Waals surface area contributed by atoms with Crippen LogP contribution in [-0.4, -0.2) is 43.8 Å². The largest absolute Gasteiger partial charge is 0.296 e. The van der Waals surface area contributed by atoms with Gasteiger partial charge < -0.3 is 0 Å². The molecule has 0 fully saturated rings. The molecular weight excluding hydrogens is 430 g/mol. The number of nitrogens with zero attached hydrogens (tertiary/aromatic N) is 3. The second-order valence-corrected chi connectivity index (χ2v) is 8.58. The third kappa shape index (κ3) is 4.78. The van der Waals surface area contributed by atoms with Gasteiger partial charge in [-0.2, -0.15) is 4.31 Å². The molecule has 0 aliphatic heterocycles. The number of halogens is 2. The monoisotopic (exact) mass is 445 g/mol. The van der Waals surface area contributed by atoms with Gasteiger partial charge in [-0.25, -0.2) is 13.4 Å². The Labute approximate surface area is 160 Å². The molecule has 0 unspecified atom stereocenters. The number of benzene rings is 1. The molecule has 1 aromatic carbocycles. The molecule has 0 spiro atoms. The minimum Gasteiger partial charge on any atom is -0.296 e. The number of carbonyl (C=O) groups is 1. The third-order valence-corrected chi connectivity index (χ3v) is 6.02. The van der Waals surface area contributed by atoms with Gasteiger partial charge in [0.15, 0.2) is 0 Å². The molecule has 25 heavy (non-hydrogen) atoms. The van der Waals surface area contributed by atoms with E-state index in [-0.39, 0.29) is 17.3 Å². The summed E-state index contributed by atoms with van der Waals surface area (Å²) >= 11 is 9.07. The summed E-state index contributed by atoms with van der Waals surface area (Å²) in [4.78, 5) is 18.2. The van der Waals surface area contributed by atoms with Crippen LogP contribution in [0, 0.1) is 0 Å². The summed E-state index contributed by atoms with van der Waals surface area (Å²) < 4.78 is 26.9. The summed E-state index contributed by atoms with van der Waals surface area (Å²) in [7, 11) is -2.42. The van der Waals surface area contributed by atoms with E-state index < -0.39 is 10.0 Å². The average molecular weight is 447 g/mol. The molecule has 1 heterocycles. The quantitative estimate of drug-likeness (QED) is 0.683. The zero-order valence-electron chi connectivity index (χ0n) is 13.7. The molecule has 9 heteroatoms. The molecule has 134 valence electrons. The first kappa shape index (κ1) is 19.8. The van der Waals surface area contributed by atoms with Crippen LogP contribution in [0.1, 0.15) is 6.92 Å². The van der Waals surface area contributed by atoms with Crippen molar-refractivity contribution in [1.29, 1.82) is 0 Å². The molecule has 0 saturated carbocycles. The lowest BCUT2D eigenvalue weighted by molar-refractivity contribution is -0.118. The Morgan fingerprint density at radius 3 is 2.36 bits per heavy atom. The Balaban J connectivity index is 2.17. The van der Waals surface area contributed by atoms with E-state index in [1.807, 2.05) is 0 Å². The second kappa shape index (κ2) is 8.27. The van der Waals surface area contributed by atoms with Crippen LogP contribution in [0.15, 0.2) is 52.0 Å². The van der Waals surface area contributed by atoms with Crippen LogP contribution in [0.2, 0.25) is 5.02 Å². The molecule has 0 atom stereocenters. The number of amides is 1. The number of anilines is 1. The van der Waals surface area contributed by atoms with Gasteiger partial charge >= 0.3 is 0 Å². The van der Waals surface area contributed by atoms with Crippen molar-refractivity contribution in [2.24, 2.45) is 0 Å². The summed E-state index contributed by atoms with van der Waals surface area (Å²) in [6.45, 7) is 1.88. The number of rotatable bonds is 6. The number of hydrogen-bond acceptors (Lipinski definition) is 4. The van der Waals surface area contributed by atoms with Crippen LogP contribution >= 0.6 is 27.5 Å². The topological polar surface area (TPSA) is 70.6 Å². The highest BCUT2D eigenvalue weighted by atomic mass is 79.9. The molecule has 2 aromatic rings. The SMILES string of the molecule is CCN(C(=O)CN(C)S(=O)(=O)c1ccc(Cl)cc1)c1ccc(Br)cn1. The van der Waals surface area contributed by atoms with Gasteiger partial charge in [0.25, 0.3) is 0 Å². The second-order valence-electron chi connectivity index (χ2n) is 5.19. The highest BCUT2D eigenvalue weighted by Crippen LogP contribution is 2.19. The molecule has 0 radical (unpaired) electrons. The van der Waals surface area contributed by atoms with Gasteiger partial charge in [0.05, 0.1) is 11.4 Å². The lowest BCUT2D eigenvalue weighted by atomic mass is 10.4. The zero-order valence-corrected chi connectivity index (χ0v) is 16.8. The fourth-order valence-electron chi connectivity index (χ4n) is 2.14. The van der Waals surface area contributed by atoms with E-state index >= 15 is 0 Å². The number of pyridine rings is 1. The molecular formula is C16H17BrClN3O3S. The molecule has 0 N–H and O–H groups in total. The predicted molar refractivity (Wildman–Crippen MR) is 101 cm³/mol. The Morgan fingerprint density at radius 2 is 1.84 bits per heavy atom. The summed E-state index contributed by atoms with van der Waals surface area (Å²) in [6, 6.07) is 9.27. The minimum absolute atomic E-state index is 0.0806. The lowest BCUT2D eigenvalue weighted by Gasteiger charge is -2.23. The van der Waals surface area contributed by atoms with Crippen molar-refractivity contribution in [1.82, 2.24) is 9.29 Å². The van der Waals surface area contributed by atoms with Crippen molar-refractivity contribution in [2.45, 2.75) is 11.8 Å². The molecule has 0 aliphatic carbocycles. The van der Waals surface area contributed by atoms with Gasteiger partial charge in [0.2, 0.25) is 15.9 Å². The maximum atomic E-state index is 12.6. The van der Waals surface area contributed by atoms with Crippen LogP contribution in [-0.2, 0) is 14.8 Å². The van der Waals surface area contributed by atoms with E-state index in [0.717, 1.165) is 8.78 Å². The highest BCUT2D eigenvalue weighted by Gasteiger charge is 2.25. The van der Waals surface area contributed by atoms with E-state index in [1.165, 1.54) is 36.2 Å². The van der Waals surface area contributed by atoms with Crippen LogP contribution < -0.4 is 4.90 Å². The molecule has 1 aromatic heterocycles. The fourth-order valence-corrected chi connectivity index (χ4v) is 3.62. The van der Waals surface area contributed by atoms with Crippen molar-refractivity contribution in [2.75, 3.05) is 25.0 Å². The van der Waals surface area contributed by atoms with Crippen LogP contribution in [0.25, 0.3) is 0 Å². The summed E-state index contributed by atoms with van der Waals surface area (Å²) in [6.07, 6.45) is 1.58. The predicted octanol–water partition coefficient (Wildman–Crippen LogP) is 3.17.